The van der Waals surface area contributed by atoms with Crippen LogP contribution in [0.15, 0.2) is 59.6 Å². The Kier molecular flexibility index (Phi) is 4.28. The van der Waals surface area contributed by atoms with E-state index in [9.17, 15) is 9.90 Å². The predicted molar refractivity (Wildman–Crippen MR) is 85.7 cm³/mol. The molecule has 2 atom stereocenters. The second-order valence-corrected chi connectivity index (χ2v) is 5.49. The van der Waals surface area contributed by atoms with Crippen LogP contribution in [0.1, 0.15) is 17.5 Å². The topological polar surface area (TPSA) is 79.1 Å². The van der Waals surface area contributed by atoms with E-state index in [4.69, 9.17) is 9.84 Å². The molecule has 2 N–H and O–H groups in total. The summed E-state index contributed by atoms with van der Waals surface area (Å²) in [4.78, 5) is 15.7. The van der Waals surface area contributed by atoms with Crippen molar-refractivity contribution in [2.75, 3.05) is 0 Å². The molecule has 0 aromatic heterocycles. The number of phenolic OH excluding ortho intramolecular Hbond substituents is 1. The van der Waals surface area contributed by atoms with Gasteiger partial charge in [0.25, 0.3) is 0 Å². The number of aromatic hydroxyl groups is 1. The van der Waals surface area contributed by atoms with Gasteiger partial charge >= 0.3 is 5.97 Å². The summed E-state index contributed by atoms with van der Waals surface area (Å²) in [6.45, 7) is 0. The van der Waals surface area contributed by atoms with E-state index in [1.165, 1.54) is 0 Å². The average Bonchev–Trinajstić information content (AvgIpc) is 2.92. The zero-order valence-electron chi connectivity index (χ0n) is 12.4. The fraction of sp³-hybridized carbons (Fsp3) is 0.222. The zero-order chi connectivity index (χ0) is 16.2. The van der Waals surface area contributed by atoms with Gasteiger partial charge in [0.2, 0.25) is 5.90 Å². The molecular formula is C18H17NO4. The molecule has 0 saturated carbocycles. The number of aliphatic imine (C=N–C) groups is 1. The lowest BCUT2D eigenvalue weighted by Gasteiger charge is -2.15. The van der Waals surface area contributed by atoms with Gasteiger partial charge in [-0.15, -0.1) is 0 Å². The third-order valence-corrected chi connectivity index (χ3v) is 3.75. The molecule has 118 valence electrons. The van der Waals surface area contributed by atoms with Crippen molar-refractivity contribution in [3.05, 3.63) is 65.7 Å². The normalized spacial score (nSPS) is 19.9. The van der Waals surface area contributed by atoms with Crippen molar-refractivity contribution in [2.24, 2.45) is 4.99 Å². The van der Waals surface area contributed by atoms with Crippen molar-refractivity contribution in [3.63, 3.8) is 0 Å². The van der Waals surface area contributed by atoms with Gasteiger partial charge in [0.1, 0.15) is 11.9 Å². The third-order valence-electron chi connectivity index (χ3n) is 3.75. The van der Waals surface area contributed by atoms with Gasteiger partial charge in [0, 0.05) is 5.56 Å². The number of carboxylic acid groups (broad SMARTS) is 1. The number of ether oxygens (including phenoxy) is 1. The van der Waals surface area contributed by atoms with E-state index in [2.05, 4.69) is 4.99 Å². The van der Waals surface area contributed by atoms with Crippen LogP contribution >= 0.6 is 0 Å². The number of hydrogen-bond acceptors (Lipinski definition) is 4. The van der Waals surface area contributed by atoms with Crippen LogP contribution in [0.2, 0.25) is 0 Å². The van der Waals surface area contributed by atoms with Crippen LogP contribution in [0.3, 0.4) is 0 Å². The molecule has 0 unspecified atom stereocenters. The van der Waals surface area contributed by atoms with E-state index >= 15 is 0 Å². The standard InChI is InChI=1S/C18H17NO4/c20-14-8-6-12(7-9-14)10-15-16(11-17(21)22)23-18(19-15)13-4-2-1-3-5-13/h1-9,15-16,20H,10-11H2,(H,21,22)/t15-,16-/m0/s1. The van der Waals surface area contributed by atoms with Crippen LogP contribution in [0.5, 0.6) is 5.75 Å². The maximum atomic E-state index is 11.1. The third kappa shape index (κ3) is 3.69. The van der Waals surface area contributed by atoms with E-state index in [-0.39, 0.29) is 18.2 Å². The summed E-state index contributed by atoms with van der Waals surface area (Å²) in [5, 5.41) is 18.4. The van der Waals surface area contributed by atoms with Crippen LogP contribution in [0.25, 0.3) is 0 Å². The quantitative estimate of drug-likeness (QED) is 0.889. The van der Waals surface area contributed by atoms with E-state index in [1.807, 2.05) is 42.5 Å². The Labute approximate surface area is 133 Å². The van der Waals surface area contributed by atoms with E-state index in [0.29, 0.717) is 12.3 Å². The summed E-state index contributed by atoms with van der Waals surface area (Å²) in [6, 6.07) is 16.0. The van der Waals surface area contributed by atoms with Gasteiger partial charge in [-0.2, -0.15) is 0 Å². The summed E-state index contributed by atoms with van der Waals surface area (Å²) >= 11 is 0. The highest BCUT2D eigenvalue weighted by atomic mass is 16.5. The van der Waals surface area contributed by atoms with Crippen LogP contribution in [0.4, 0.5) is 0 Å². The molecule has 1 aliphatic heterocycles. The van der Waals surface area contributed by atoms with Gasteiger partial charge in [-0.05, 0) is 36.2 Å². The molecule has 2 aromatic carbocycles. The largest absolute Gasteiger partial charge is 0.508 e. The molecule has 1 aliphatic rings. The Bertz CT molecular complexity index is 710. The van der Waals surface area contributed by atoms with Crippen LogP contribution in [-0.2, 0) is 16.0 Å². The summed E-state index contributed by atoms with van der Waals surface area (Å²) < 4.78 is 5.79. The van der Waals surface area contributed by atoms with Gasteiger partial charge < -0.3 is 14.9 Å². The first-order valence-corrected chi connectivity index (χ1v) is 7.41. The Morgan fingerprint density at radius 3 is 2.43 bits per heavy atom. The Balaban J connectivity index is 1.82. The number of carbonyl (C=O) groups is 1. The lowest BCUT2D eigenvalue weighted by Crippen LogP contribution is -2.27. The van der Waals surface area contributed by atoms with Crippen molar-refractivity contribution in [1.29, 1.82) is 0 Å². The molecular weight excluding hydrogens is 294 g/mol. The summed E-state index contributed by atoms with van der Waals surface area (Å²) in [5.41, 5.74) is 1.82. The number of rotatable bonds is 5. The molecule has 0 spiro atoms. The minimum Gasteiger partial charge on any atom is -0.508 e. The first-order valence-electron chi connectivity index (χ1n) is 7.41. The van der Waals surface area contributed by atoms with Crippen LogP contribution in [0, 0.1) is 0 Å². The first kappa shape index (κ1) is 15.1. The number of nitrogens with zero attached hydrogens (tertiary/aromatic N) is 1. The van der Waals surface area contributed by atoms with Crippen molar-refractivity contribution < 1.29 is 19.7 Å². The van der Waals surface area contributed by atoms with E-state index in [1.54, 1.807) is 12.1 Å². The molecule has 0 amide bonds. The Morgan fingerprint density at radius 1 is 1.09 bits per heavy atom. The first-order chi connectivity index (χ1) is 11.1. The molecule has 1 heterocycles. The van der Waals surface area contributed by atoms with Crippen molar-refractivity contribution in [2.45, 2.75) is 25.0 Å². The monoisotopic (exact) mass is 311 g/mol. The van der Waals surface area contributed by atoms with Crippen molar-refractivity contribution in [1.82, 2.24) is 0 Å². The van der Waals surface area contributed by atoms with Gasteiger partial charge in [-0.1, -0.05) is 30.3 Å². The van der Waals surface area contributed by atoms with Crippen molar-refractivity contribution in [3.8, 4) is 5.75 Å². The van der Waals surface area contributed by atoms with Gasteiger partial charge in [0.15, 0.2) is 0 Å². The number of aliphatic carboxylic acids is 1. The molecule has 3 rings (SSSR count). The fourth-order valence-corrected chi connectivity index (χ4v) is 2.61. The second kappa shape index (κ2) is 6.52. The number of benzene rings is 2. The van der Waals surface area contributed by atoms with Gasteiger partial charge in [0.05, 0.1) is 12.5 Å². The van der Waals surface area contributed by atoms with Gasteiger partial charge in [-0.25, -0.2) is 4.99 Å². The smallest absolute Gasteiger partial charge is 0.307 e. The summed E-state index contributed by atoms with van der Waals surface area (Å²) in [5.74, 6) is -0.220. The highest BCUT2D eigenvalue weighted by Crippen LogP contribution is 2.24. The van der Waals surface area contributed by atoms with E-state index < -0.39 is 12.1 Å². The molecule has 0 saturated heterocycles. The minimum atomic E-state index is -0.907. The molecule has 0 fully saturated rings. The summed E-state index contributed by atoms with van der Waals surface area (Å²) in [7, 11) is 0. The molecule has 5 heteroatoms. The Morgan fingerprint density at radius 2 is 1.78 bits per heavy atom. The van der Waals surface area contributed by atoms with E-state index in [0.717, 1.165) is 11.1 Å². The molecule has 2 aromatic rings. The van der Waals surface area contributed by atoms with Crippen LogP contribution < -0.4 is 0 Å². The molecule has 0 bridgehead atoms. The molecule has 23 heavy (non-hydrogen) atoms. The highest BCUT2D eigenvalue weighted by Gasteiger charge is 2.33. The lowest BCUT2D eigenvalue weighted by atomic mass is 10.0. The SMILES string of the molecule is O=C(O)C[C@@H]1OC(c2ccccc2)=N[C@H]1Cc1ccc(O)cc1. The molecule has 0 radical (unpaired) electrons. The molecule has 5 nitrogen and oxygen atoms in total. The highest BCUT2D eigenvalue weighted by molar-refractivity contribution is 5.95. The maximum absolute atomic E-state index is 11.1. The zero-order valence-corrected chi connectivity index (χ0v) is 12.4. The fourth-order valence-electron chi connectivity index (χ4n) is 2.61. The minimum absolute atomic E-state index is 0.0947. The average molecular weight is 311 g/mol. The maximum Gasteiger partial charge on any atom is 0.307 e. The second-order valence-electron chi connectivity index (χ2n) is 5.49. The number of hydrogen-bond donors (Lipinski definition) is 2. The number of phenols is 1. The molecule has 0 aliphatic carbocycles. The van der Waals surface area contributed by atoms with Crippen LogP contribution in [-0.4, -0.2) is 34.2 Å². The van der Waals surface area contributed by atoms with Gasteiger partial charge in [-0.3, -0.25) is 4.79 Å². The predicted octanol–water partition coefficient (Wildman–Crippen LogP) is 2.62. The summed E-state index contributed by atoms with van der Waals surface area (Å²) in [6.07, 6.45) is -0.0200. The number of carboxylic acids is 1. The van der Waals surface area contributed by atoms with Crippen molar-refractivity contribution >= 4 is 11.9 Å². The lowest BCUT2D eigenvalue weighted by molar-refractivity contribution is -0.139. The Hall–Kier alpha value is -2.82.